The predicted octanol–water partition coefficient (Wildman–Crippen LogP) is 2.92. The molecule has 0 spiro atoms. The molecule has 1 aromatic heterocycles. The number of thiophene rings is 1. The Morgan fingerprint density at radius 3 is 2.48 bits per heavy atom. The molecule has 1 heterocycles. The molecule has 0 fully saturated rings. The summed E-state index contributed by atoms with van der Waals surface area (Å²) >= 11 is 1.53. The molecule has 0 aliphatic carbocycles. The number of aryl methyl sites for hydroxylation is 1. The van der Waals surface area contributed by atoms with E-state index in [0.29, 0.717) is 11.4 Å². The number of rotatable bonds is 10. The molecule has 0 bridgehead atoms. The van der Waals surface area contributed by atoms with Crippen LogP contribution in [0.3, 0.4) is 0 Å². The van der Waals surface area contributed by atoms with Crippen molar-refractivity contribution in [2.24, 2.45) is 0 Å². The lowest BCUT2D eigenvalue weighted by Crippen LogP contribution is -2.31. The maximum Gasteiger partial charge on any atom is 0.244 e. The summed E-state index contributed by atoms with van der Waals surface area (Å²) < 4.78 is 26.8. The number of sulfonamides is 1. The van der Waals surface area contributed by atoms with E-state index in [2.05, 4.69) is 25.4 Å². The molecule has 0 aliphatic rings. The molecule has 0 saturated carbocycles. The van der Waals surface area contributed by atoms with Gasteiger partial charge in [-0.05, 0) is 26.0 Å². The van der Waals surface area contributed by atoms with Crippen LogP contribution in [-0.4, -0.2) is 32.4 Å². The summed E-state index contributed by atoms with van der Waals surface area (Å²) in [4.78, 5) is 2.25. The Balaban J connectivity index is 3.01. The minimum atomic E-state index is -3.49. The monoisotopic (exact) mass is 328 g/mol. The molecule has 0 radical (unpaired) electrons. The Bertz CT molecular complexity index is 566. The fourth-order valence-corrected chi connectivity index (χ4v) is 4.91. The summed E-state index contributed by atoms with van der Waals surface area (Å²) in [5.74, 6) is 0. The zero-order chi connectivity index (χ0) is 15.9. The topological polar surface area (TPSA) is 49.4 Å². The molecule has 0 aliphatic heterocycles. The van der Waals surface area contributed by atoms with Crippen molar-refractivity contribution in [3.8, 4) is 0 Å². The second kappa shape index (κ2) is 8.48. The maximum atomic E-state index is 12.7. The molecular weight excluding hydrogens is 304 g/mol. The third-order valence-electron chi connectivity index (χ3n) is 2.93. The van der Waals surface area contributed by atoms with Crippen molar-refractivity contribution in [1.82, 2.24) is 9.62 Å². The van der Waals surface area contributed by atoms with Crippen LogP contribution in [0.15, 0.2) is 36.3 Å². The third kappa shape index (κ3) is 4.78. The van der Waals surface area contributed by atoms with Gasteiger partial charge in [0.25, 0.3) is 0 Å². The molecule has 6 heteroatoms. The van der Waals surface area contributed by atoms with Crippen molar-refractivity contribution in [3.05, 3.63) is 41.1 Å². The predicted molar refractivity (Wildman–Crippen MR) is 90.2 cm³/mol. The minimum Gasteiger partial charge on any atom is -0.312 e. The Morgan fingerprint density at radius 2 is 1.95 bits per heavy atom. The van der Waals surface area contributed by atoms with Gasteiger partial charge in [-0.2, -0.15) is 4.31 Å². The van der Waals surface area contributed by atoms with Crippen LogP contribution >= 0.6 is 11.3 Å². The fourth-order valence-electron chi connectivity index (χ4n) is 1.95. The minimum absolute atomic E-state index is 0.285. The molecule has 1 N–H and O–H groups in total. The zero-order valence-electron chi connectivity index (χ0n) is 12.8. The Hall–Kier alpha value is -0.950. The molecule has 4 nitrogen and oxygen atoms in total. The first kappa shape index (κ1) is 18.1. The summed E-state index contributed by atoms with van der Waals surface area (Å²) in [6.45, 7) is 13.4. The lowest BCUT2D eigenvalue weighted by Gasteiger charge is -2.18. The van der Waals surface area contributed by atoms with Gasteiger partial charge in [-0.15, -0.1) is 24.5 Å². The molecular formula is C15H24N2O2S2. The van der Waals surface area contributed by atoms with Gasteiger partial charge >= 0.3 is 0 Å². The molecule has 118 valence electrons. The summed E-state index contributed by atoms with van der Waals surface area (Å²) in [6.07, 6.45) is 4.24. The summed E-state index contributed by atoms with van der Waals surface area (Å²) in [5.41, 5.74) is 0. The Kier molecular flexibility index (Phi) is 7.31. The lowest BCUT2D eigenvalue weighted by molar-refractivity contribution is 0.474. The molecule has 0 saturated heterocycles. The number of hydrogen-bond acceptors (Lipinski definition) is 4. The van der Waals surface area contributed by atoms with E-state index in [1.807, 2.05) is 6.92 Å². The van der Waals surface area contributed by atoms with E-state index in [1.165, 1.54) is 15.6 Å². The molecule has 0 unspecified atom stereocenters. The number of hydrogen-bond donors (Lipinski definition) is 1. The van der Waals surface area contributed by atoms with Crippen LogP contribution in [0.5, 0.6) is 0 Å². The van der Waals surface area contributed by atoms with Crippen LogP contribution in [0, 0.1) is 6.92 Å². The van der Waals surface area contributed by atoms with Crippen LogP contribution in [0.25, 0.3) is 0 Å². The van der Waals surface area contributed by atoms with Gasteiger partial charge < -0.3 is 5.32 Å². The highest BCUT2D eigenvalue weighted by Gasteiger charge is 2.26. The number of nitrogens with one attached hydrogen (secondary N) is 1. The van der Waals surface area contributed by atoms with Crippen LogP contribution in [-0.2, 0) is 16.6 Å². The highest BCUT2D eigenvalue weighted by molar-refractivity contribution is 7.89. The zero-order valence-corrected chi connectivity index (χ0v) is 14.4. The SMILES string of the molecule is C=CCN(CC=C)S(=O)(=O)c1cc(CNCCC)sc1C. The average Bonchev–Trinajstić information content (AvgIpc) is 2.81. The lowest BCUT2D eigenvalue weighted by atomic mass is 10.4. The van der Waals surface area contributed by atoms with E-state index in [0.717, 1.165) is 22.7 Å². The average molecular weight is 329 g/mol. The molecule has 0 amide bonds. The first-order valence-corrected chi connectivity index (χ1v) is 9.25. The van der Waals surface area contributed by atoms with E-state index in [4.69, 9.17) is 0 Å². The van der Waals surface area contributed by atoms with E-state index >= 15 is 0 Å². The van der Waals surface area contributed by atoms with Crippen molar-refractivity contribution < 1.29 is 8.42 Å². The maximum absolute atomic E-state index is 12.7. The van der Waals surface area contributed by atoms with Crippen molar-refractivity contribution in [1.29, 1.82) is 0 Å². The fraction of sp³-hybridized carbons (Fsp3) is 0.467. The van der Waals surface area contributed by atoms with E-state index in [1.54, 1.807) is 18.2 Å². The van der Waals surface area contributed by atoms with Gasteiger partial charge in [0.05, 0.1) is 4.90 Å². The van der Waals surface area contributed by atoms with Crippen molar-refractivity contribution in [2.75, 3.05) is 19.6 Å². The quantitative estimate of drug-likeness (QED) is 0.531. The molecule has 0 atom stereocenters. The summed E-state index contributed by atoms with van der Waals surface area (Å²) in [7, 11) is -3.49. The van der Waals surface area contributed by atoms with Gasteiger partial charge in [-0.25, -0.2) is 8.42 Å². The van der Waals surface area contributed by atoms with Gasteiger partial charge in [0, 0.05) is 29.4 Å². The molecule has 0 aromatic carbocycles. The summed E-state index contributed by atoms with van der Waals surface area (Å²) in [5, 5.41) is 3.29. The van der Waals surface area contributed by atoms with Gasteiger partial charge in [0.1, 0.15) is 0 Å². The van der Waals surface area contributed by atoms with E-state index < -0.39 is 10.0 Å². The van der Waals surface area contributed by atoms with Crippen LogP contribution in [0.1, 0.15) is 23.1 Å². The Labute approximate surface area is 132 Å². The smallest absolute Gasteiger partial charge is 0.244 e. The van der Waals surface area contributed by atoms with Gasteiger partial charge in [-0.1, -0.05) is 19.1 Å². The van der Waals surface area contributed by atoms with E-state index in [-0.39, 0.29) is 13.1 Å². The summed E-state index contributed by atoms with van der Waals surface area (Å²) in [6, 6.07) is 1.77. The number of nitrogens with zero attached hydrogens (tertiary/aromatic N) is 1. The van der Waals surface area contributed by atoms with Crippen molar-refractivity contribution >= 4 is 21.4 Å². The molecule has 1 rings (SSSR count). The molecule has 21 heavy (non-hydrogen) atoms. The second-order valence-corrected chi connectivity index (χ2v) is 7.96. The largest absolute Gasteiger partial charge is 0.312 e. The molecule has 1 aromatic rings. The van der Waals surface area contributed by atoms with Crippen LogP contribution in [0.2, 0.25) is 0 Å². The van der Waals surface area contributed by atoms with E-state index in [9.17, 15) is 8.42 Å². The van der Waals surface area contributed by atoms with Gasteiger partial charge in [0.15, 0.2) is 0 Å². The normalized spacial score (nSPS) is 11.8. The van der Waals surface area contributed by atoms with Gasteiger partial charge in [0.2, 0.25) is 10.0 Å². The van der Waals surface area contributed by atoms with Crippen LogP contribution < -0.4 is 5.32 Å². The highest BCUT2D eigenvalue weighted by atomic mass is 32.2. The van der Waals surface area contributed by atoms with Crippen LogP contribution in [0.4, 0.5) is 0 Å². The Morgan fingerprint density at radius 1 is 1.33 bits per heavy atom. The standard InChI is InChI=1S/C15H24N2O2S2/c1-5-8-16-12-14-11-15(13(4)20-14)21(18,19)17(9-6-2)10-7-3/h6-7,11,16H,2-3,5,8-10,12H2,1,4H3. The third-order valence-corrected chi connectivity index (χ3v) is 6.07. The second-order valence-electron chi connectivity index (χ2n) is 4.71. The highest BCUT2D eigenvalue weighted by Crippen LogP contribution is 2.28. The van der Waals surface area contributed by atoms with Crippen molar-refractivity contribution in [2.45, 2.75) is 31.7 Å². The first-order valence-electron chi connectivity index (χ1n) is 6.99. The first-order chi connectivity index (χ1) is 9.97. The van der Waals surface area contributed by atoms with Gasteiger partial charge in [-0.3, -0.25) is 0 Å². The van der Waals surface area contributed by atoms with Crippen molar-refractivity contribution in [3.63, 3.8) is 0 Å².